The molecule has 3 heteroatoms. The van der Waals surface area contributed by atoms with Crippen LogP contribution in [0.5, 0.6) is 0 Å². The van der Waals surface area contributed by atoms with Gasteiger partial charge in [-0.25, -0.2) is 0 Å². The molecule has 0 aliphatic carbocycles. The van der Waals surface area contributed by atoms with Crippen LogP contribution < -0.4 is 15.9 Å². The molecule has 5 rings (SSSR count). The molecule has 0 aliphatic rings. The molecule has 0 nitrogen and oxygen atoms in total. The summed E-state index contributed by atoms with van der Waals surface area (Å²) in [6, 6.07) is 27.5. The smallest absolute Gasteiger partial charge is 0.00204 e. The number of hydrogen-bond acceptors (Lipinski definition) is 0. The fourth-order valence-corrected chi connectivity index (χ4v) is 17.8. The summed E-state index contributed by atoms with van der Waals surface area (Å²) >= 11 is 0. The predicted molar refractivity (Wildman–Crippen MR) is 226 cm³/mol. The van der Waals surface area contributed by atoms with Crippen molar-refractivity contribution in [1.29, 1.82) is 0 Å². The maximum atomic E-state index is 3.03. The molecule has 0 N–H and O–H groups in total. The Labute approximate surface area is 293 Å². The number of hydrogen-bond donors (Lipinski definition) is 0. The second-order valence-electron chi connectivity index (χ2n) is 18.2. The van der Waals surface area contributed by atoms with Crippen molar-refractivity contribution < 1.29 is 0 Å². The highest BCUT2D eigenvalue weighted by Crippen LogP contribution is 2.62. The molecule has 0 fully saturated rings. The lowest BCUT2D eigenvalue weighted by Gasteiger charge is -2.47. The van der Waals surface area contributed by atoms with Crippen LogP contribution in [0.3, 0.4) is 0 Å². The van der Waals surface area contributed by atoms with Crippen molar-refractivity contribution in [3.63, 3.8) is 0 Å². The zero-order valence-electron chi connectivity index (χ0n) is 32.3. The molecule has 0 amide bonds. The third kappa shape index (κ3) is 8.09. The third-order valence-electron chi connectivity index (χ3n) is 9.34. The van der Waals surface area contributed by atoms with Crippen LogP contribution in [0.4, 0.5) is 0 Å². The van der Waals surface area contributed by atoms with Crippen LogP contribution >= 0.6 is 25.1 Å². The average Bonchev–Trinajstić information content (AvgIpc) is 2.91. The van der Waals surface area contributed by atoms with Gasteiger partial charge in [-0.1, -0.05) is 193 Å². The molecule has 47 heavy (non-hydrogen) atoms. The SMILES string of the molecule is CC(C)(C)P(c1ccccc1P(C(C)(C)C)C(C)(C)C)C(C)(C)C.CCCC(C)(C)c1cc2ccc3cccc4ccc(c1P)c2c34. The van der Waals surface area contributed by atoms with E-state index in [-0.39, 0.29) is 21.3 Å². The Balaban J connectivity index is 0.000000213. The normalized spacial score (nSPS) is 13.7. The summed E-state index contributed by atoms with van der Waals surface area (Å²) in [5.74, 6) is 0. The highest BCUT2D eigenvalue weighted by molar-refractivity contribution is 7.74. The predicted octanol–water partition coefficient (Wildman–Crippen LogP) is 13.3. The van der Waals surface area contributed by atoms with Gasteiger partial charge in [0.05, 0.1) is 0 Å². The van der Waals surface area contributed by atoms with Gasteiger partial charge in [0.1, 0.15) is 0 Å². The molecule has 0 heterocycles. The summed E-state index contributed by atoms with van der Waals surface area (Å²) in [6.45, 7) is 36.1. The molecule has 1 unspecified atom stereocenters. The van der Waals surface area contributed by atoms with E-state index < -0.39 is 0 Å². The van der Waals surface area contributed by atoms with Crippen LogP contribution in [0.25, 0.3) is 32.3 Å². The van der Waals surface area contributed by atoms with Gasteiger partial charge in [0.15, 0.2) is 0 Å². The van der Waals surface area contributed by atoms with Gasteiger partial charge in [-0.15, -0.1) is 9.24 Å². The summed E-state index contributed by atoms with van der Waals surface area (Å²) in [5.41, 5.74) is 1.67. The Hall–Kier alpha value is -1.57. The van der Waals surface area contributed by atoms with Crippen LogP contribution in [0.1, 0.15) is 122 Å². The Kier molecular flexibility index (Phi) is 11.1. The van der Waals surface area contributed by atoms with Crippen molar-refractivity contribution in [3.05, 3.63) is 78.4 Å². The molecule has 0 spiro atoms. The second-order valence-corrected chi connectivity index (χ2v) is 26.4. The van der Waals surface area contributed by atoms with Gasteiger partial charge in [0.25, 0.3) is 0 Å². The molecule has 0 saturated heterocycles. The zero-order chi connectivity index (χ0) is 35.3. The lowest BCUT2D eigenvalue weighted by atomic mass is 9.78. The highest BCUT2D eigenvalue weighted by atomic mass is 31.1. The van der Waals surface area contributed by atoms with Gasteiger partial charge in [-0.3, -0.25) is 0 Å². The minimum absolute atomic E-state index is 0.205. The molecule has 0 aliphatic heterocycles. The Bertz CT molecular complexity index is 1720. The summed E-state index contributed by atoms with van der Waals surface area (Å²) in [7, 11) is 2.49. The van der Waals surface area contributed by atoms with Gasteiger partial charge in [-0.2, -0.15) is 0 Å². The van der Waals surface area contributed by atoms with Crippen molar-refractivity contribution in [2.24, 2.45) is 0 Å². The van der Waals surface area contributed by atoms with E-state index in [2.05, 4.69) is 186 Å². The standard InChI is InChI=1S/C22H40P2.C22H23P/c1-19(2,3)23(20(4,5)6)17-15-13-14-16-18(17)24(21(7,8)9)22(10,11)12;1-4-12-22(2,3)18-13-16-9-8-14-6-5-7-15-10-11-17(21(18)23)20(16)19(14)15/h13-16H,1-12H3;5-11,13H,4,12,23H2,1-3H3. The Morgan fingerprint density at radius 1 is 0.511 bits per heavy atom. The zero-order valence-corrected chi connectivity index (χ0v) is 35.3. The van der Waals surface area contributed by atoms with Crippen LogP contribution in [0.2, 0.25) is 0 Å². The summed E-state index contributed by atoms with van der Waals surface area (Å²) in [4.78, 5) is 0. The van der Waals surface area contributed by atoms with Crippen molar-refractivity contribution in [2.75, 3.05) is 0 Å². The number of benzene rings is 5. The molecule has 5 aromatic carbocycles. The van der Waals surface area contributed by atoms with E-state index in [1.165, 1.54) is 56.0 Å². The quantitative estimate of drug-likeness (QED) is 0.128. The average molecular weight is 685 g/mol. The Morgan fingerprint density at radius 3 is 1.36 bits per heavy atom. The van der Waals surface area contributed by atoms with E-state index >= 15 is 0 Å². The van der Waals surface area contributed by atoms with E-state index in [0.29, 0.717) is 20.6 Å². The molecular weight excluding hydrogens is 621 g/mol. The van der Waals surface area contributed by atoms with Crippen LogP contribution in [-0.2, 0) is 5.41 Å². The summed E-state index contributed by atoms with van der Waals surface area (Å²) in [5, 5.41) is 14.1. The summed E-state index contributed by atoms with van der Waals surface area (Å²) < 4.78 is 0. The molecule has 0 radical (unpaired) electrons. The van der Waals surface area contributed by atoms with Crippen LogP contribution in [-0.4, -0.2) is 20.6 Å². The van der Waals surface area contributed by atoms with Crippen molar-refractivity contribution in [3.8, 4) is 0 Å². The first-order chi connectivity index (χ1) is 21.5. The Morgan fingerprint density at radius 2 is 0.936 bits per heavy atom. The fourth-order valence-electron chi connectivity index (χ4n) is 8.45. The first kappa shape index (κ1) is 38.2. The van der Waals surface area contributed by atoms with Crippen LogP contribution in [0, 0.1) is 0 Å². The van der Waals surface area contributed by atoms with Gasteiger partial charge in [0, 0.05) is 0 Å². The maximum Gasteiger partial charge on any atom is -0.00204 e. The molecule has 0 saturated carbocycles. The molecule has 254 valence electrons. The molecule has 1 atom stereocenters. The van der Waals surface area contributed by atoms with Crippen molar-refractivity contribution in [2.45, 2.75) is 143 Å². The lowest BCUT2D eigenvalue weighted by molar-refractivity contribution is 0.476. The van der Waals surface area contributed by atoms with Crippen LogP contribution in [0.15, 0.2) is 72.8 Å². The second kappa shape index (κ2) is 13.6. The van der Waals surface area contributed by atoms with Gasteiger partial charge in [-0.05, 0) is 92.3 Å². The van der Waals surface area contributed by atoms with E-state index in [1.807, 2.05) is 0 Å². The third-order valence-corrected chi connectivity index (χ3v) is 17.2. The van der Waals surface area contributed by atoms with Gasteiger partial charge >= 0.3 is 0 Å². The highest BCUT2D eigenvalue weighted by Gasteiger charge is 2.42. The summed E-state index contributed by atoms with van der Waals surface area (Å²) in [6.07, 6.45) is 2.42. The topological polar surface area (TPSA) is 0 Å². The van der Waals surface area contributed by atoms with E-state index in [9.17, 15) is 0 Å². The monoisotopic (exact) mass is 684 g/mol. The number of rotatable bonds is 5. The van der Waals surface area contributed by atoms with Crippen molar-refractivity contribution in [1.82, 2.24) is 0 Å². The minimum Gasteiger partial charge on any atom is -0.105 e. The fraction of sp³-hybridized carbons (Fsp3) is 0.500. The molecule has 5 aromatic rings. The van der Waals surface area contributed by atoms with Gasteiger partial charge < -0.3 is 0 Å². The molecular formula is C44H63P3. The lowest BCUT2D eigenvalue weighted by Crippen LogP contribution is -2.41. The molecule has 0 bridgehead atoms. The van der Waals surface area contributed by atoms with Gasteiger partial charge in [0.2, 0.25) is 0 Å². The minimum atomic E-state index is -0.269. The van der Waals surface area contributed by atoms with E-state index in [4.69, 9.17) is 0 Å². The van der Waals surface area contributed by atoms with E-state index in [0.717, 1.165) is 0 Å². The first-order valence-electron chi connectivity index (χ1n) is 17.7. The molecule has 0 aromatic heterocycles. The van der Waals surface area contributed by atoms with E-state index in [1.54, 1.807) is 10.6 Å². The first-order valence-corrected chi connectivity index (χ1v) is 20.9. The van der Waals surface area contributed by atoms with Crippen molar-refractivity contribution >= 4 is 73.3 Å². The maximum absolute atomic E-state index is 3.03. The largest absolute Gasteiger partial charge is 0.105 e.